The summed E-state index contributed by atoms with van der Waals surface area (Å²) < 4.78 is 12.8. The highest BCUT2D eigenvalue weighted by molar-refractivity contribution is 6.31. The van der Waals surface area contributed by atoms with Gasteiger partial charge in [0.15, 0.2) is 17.3 Å². The highest BCUT2D eigenvalue weighted by Gasteiger charge is 2.23. The van der Waals surface area contributed by atoms with E-state index in [2.05, 4.69) is 13.8 Å². The fourth-order valence-electron chi connectivity index (χ4n) is 3.73. The lowest BCUT2D eigenvalue weighted by Gasteiger charge is -2.18. The van der Waals surface area contributed by atoms with Gasteiger partial charge in [0.25, 0.3) is 0 Å². The number of allylic oxidation sites excluding steroid dienone is 1. The number of carbonyl (C=O) groups excluding carboxylic acids is 2. The molecule has 2 aromatic carbocycles. The van der Waals surface area contributed by atoms with Crippen molar-refractivity contribution in [3.05, 3.63) is 82.1 Å². The smallest absolute Gasteiger partial charge is 0.199 e. The summed E-state index contributed by atoms with van der Waals surface area (Å²) in [5.74, 6) is 0.990. The van der Waals surface area contributed by atoms with Crippen molar-refractivity contribution in [3.63, 3.8) is 0 Å². The summed E-state index contributed by atoms with van der Waals surface area (Å²) in [6.45, 7) is 4.26. The zero-order chi connectivity index (χ0) is 23.3. The number of methoxy groups -OCH3 is 2. The summed E-state index contributed by atoms with van der Waals surface area (Å²) >= 11 is 6.31. The van der Waals surface area contributed by atoms with Crippen LogP contribution in [0.3, 0.4) is 0 Å². The van der Waals surface area contributed by atoms with E-state index in [0.29, 0.717) is 39.3 Å². The minimum absolute atomic E-state index is 0.243. The molecule has 0 amide bonds. The number of benzene rings is 2. The highest BCUT2D eigenvalue weighted by atomic mass is 35.5. The Hall–Kier alpha value is -3.31. The summed E-state index contributed by atoms with van der Waals surface area (Å²) in [7, 11) is 3.03. The van der Waals surface area contributed by atoms with Crippen molar-refractivity contribution in [2.24, 2.45) is 5.92 Å². The second-order valence-electron chi connectivity index (χ2n) is 7.71. The van der Waals surface area contributed by atoms with E-state index in [1.165, 1.54) is 20.3 Å². The predicted molar refractivity (Wildman–Crippen MR) is 127 cm³/mol. The molecule has 166 valence electrons. The maximum atomic E-state index is 13.7. The van der Waals surface area contributed by atoms with Crippen molar-refractivity contribution in [2.75, 3.05) is 14.2 Å². The van der Waals surface area contributed by atoms with E-state index in [0.717, 1.165) is 24.1 Å². The molecule has 0 aliphatic heterocycles. The molecular weight excluding hydrogens is 426 g/mol. The number of halogens is 1. The molecule has 5 nitrogen and oxygen atoms in total. The second-order valence-corrected chi connectivity index (χ2v) is 8.15. The highest BCUT2D eigenvalue weighted by Crippen LogP contribution is 2.34. The fourth-order valence-corrected chi connectivity index (χ4v) is 3.90. The molecule has 1 heterocycles. The average molecular weight is 452 g/mol. The first-order valence-electron chi connectivity index (χ1n) is 10.3. The van der Waals surface area contributed by atoms with Crippen molar-refractivity contribution in [1.29, 1.82) is 0 Å². The van der Waals surface area contributed by atoms with E-state index >= 15 is 0 Å². The molecule has 0 N–H and O–H groups in total. The van der Waals surface area contributed by atoms with E-state index in [4.69, 9.17) is 21.1 Å². The molecule has 0 saturated heterocycles. The molecule has 32 heavy (non-hydrogen) atoms. The molecule has 0 atom stereocenters. The Balaban J connectivity index is 2.25. The average Bonchev–Trinajstić information content (AvgIpc) is 3.17. The molecule has 0 aliphatic carbocycles. The van der Waals surface area contributed by atoms with Gasteiger partial charge in [0.05, 0.1) is 25.5 Å². The van der Waals surface area contributed by atoms with Crippen LogP contribution in [-0.2, 0) is 11.2 Å². The normalized spacial score (nSPS) is 11.2. The van der Waals surface area contributed by atoms with E-state index in [1.807, 2.05) is 22.8 Å². The van der Waals surface area contributed by atoms with Gasteiger partial charge in [0, 0.05) is 22.0 Å². The molecule has 6 heteroatoms. The van der Waals surface area contributed by atoms with Crippen LogP contribution in [0, 0.1) is 5.92 Å². The molecule has 3 aromatic rings. The van der Waals surface area contributed by atoms with E-state index in [-0.39, 0.29) is 5.78 Å². The quantitative estimate of drug-likeness (QED) is 0.235. The zero-order valence-corrected chi connectivity index (χ0v) is 19.3. The summed E-state index contributed by atoms with van der Waals surface area (Å²) in [4.78, 5) is 24.7. The Labute approximate surface area is 193 Å². The van der Waals surface area contributed by atoms with Gasteiger partial charge in [-0.2, -0.15) is 0 Å². The molecule has 1 aromatic heterocycles. The summed E-state index contributed by atoms with van der Waals surface area (Å²) in [5, 5.41) is 0.446. The van der Waals surface area contributed by atoms with Crippen molar-refractivity contribution in [2.45, 2.75) is 20.3 Å². The molecule has 0 fully saturated rings. The van der Waals surface area contributed by atoms with E-state index in [9.17, 15) is 9.59 Å². The molecule has 0 unspecified atom stereocenters. The minimum atomic E-state index is -0.243. The first-order chi connectivity index (χ1) is 15.4. The number of hydrogen-bond acceptors (Lipinski definition) is 4. The largest absolute Gasteiger partial charge is 0.493 e. The van der Waals surface area contributed by atoms with Crippen molar-refractivity contribution >= 4 is 29.7 Å². The van der Waals surface area contributed by atoms with Gasteiger partial charge in [-0.1, -0.05) is 31.5 Å². The number of rotatable bonds is 9. The number of ketones is 1. The summed E-state index contributed by atoms with van der Waals surface area (Å²) in [5.41, 5.74) is 3.29. The van der Waals surface area contributed by atoms with Crippen molar-refractivity contribution in [3.8, 4) is 17.2 Å². The van der Waals surface area contributed by atoms with Crippen molar-refractivity contribution < 1.29 is 19.1 Å². The number of hydrogen-bond donors (Lipinski definition) is 0. The number of nitrogens with zero attached hydrogens (tertiary/aromatic N) is 1. The lowest BCUT2D eigenvalue weighted by molar-refractivity contribution is -0.104. The van der Waals surface area contributed by atoms with Crippen LogP contribution in [-0.4, -0.2) is 30.9 Å². The Morgan fingerprint density at radius 1 is 1.06 bits per heavy atom. The molecule has 0 aliphatic rings. The number of carbonyl (C=O) groups is 2. The van der Waals surface area contributed by atoms with Crippen LogP contribution in [0.15, 0.2) is 54.6 Å². The van der Waals surface area contributed by atoms with Gasteiger partial charge < -0.3 is 14.0 Å². The minimum Gasteiger partial charge on any atom is -0.493 e. The Morgan fingerprint density at radius 2 is 1.84 bits per heavy atom. The molecule has 0 saturated carbocycles. The van der Waals surface area contributed by atoms with Gasteiger partial charge in [0.2, 0.25) is 0 Å². The van der Waals surface area contributed by atoms with Crippen LogP contribution in [0.4, 0.5) is 0 Å². The topological polar surface area (TPSA) is 57.5 Å². The van der Waals surface area contributed by atoms with E-state index in [1.54, 1.807) is 36.4 Å². The van der Waals surface area contributed by atoms with Gasteiger partial charge in [0.1, 0.15) is 6.29 Å². The monoisotopic (exact) mass is 451 g/mol. The number of aromatic nitrogens is 1. The Bertz CT molecular complexity index is 1160. The van der Waals surface area contributed by atoms with Crippen LogP contribution in [0.5, 0.6) is 11.5 Å². The number of para-hydroxylation sites is 1. The Morgan fingerprint density at radius 3 is 2.50 bits per heavy atom. The maximum absolute atomic E-state index is 13.7. The first kappa shape index (κ1) is 23.4. The summed E-state index contributed by atoms with van der Waals surface area (Å²) in [6, 6.07) is 14.4. The molecular formula is C26H26ClNO4. The number of ether oxygens (including phenoxy) is 2. The van der Waals surface area contributed by atoms with Crippen molar-refractivity contribution in [1.82, 2.24) is 4.57 Å². The third kappa shape index (κ3) is 4.78. The second kappa shape index (κ2) is 10.3. The standard InChI is InChI=1S/C26H26ClNO4/c1-17(2)15-20-12-11-19(7-6-14-29)28(20)23-13-10-18(27)16-22(23)25(30)21-8-5-9-24(31-3)26(21)32-4/h5-14,16-17H,15H2,1-4H3/b7-6+. The van der Waals surface area contributed by atoms with Crippen LogP contribution in [0.25, 0.3) is 11.8 Å². The van der Waals surface area contributed by atoms with Gasteiger partial charge in [-0.3, -0.25) is 9.59 Å². The van der Waals surface area contributed by atoms with E-state index < -0.39 is 0 Å². The Kier molecular flexibility index (Phi) is 7.54. The first-order valence-corrected chi connectivity index (χ1v) is 10.7. The van der Waals surface area contributed by atoms with Crippen LogP contribution in [0.1, 0.15) is 41.2 Å². The zero-order valence-electron chi connectivity index (χ0n) is 18.6. The molecule has 0 spiro atoms. The fraction of sp³-hybridized carbons (Fsp3) is 0.231. The molecule has 3 rings (SSSR count). The van der Waals surface area contributed by atoms with Crippen LogP contribution in [0.2, 0.25) is 5.02 Å². The molecule has 0 radical (unpaired) electrons. The predicted octanol–water partition coefficient (Wildman–Crippen LogP) is 5.79. The molecule has 0 bridgehead atoms. The SMILES string of the molecule is COc1cccc(C(=O)c2cc(Cl)ccc2-n2c(/C=C/C=O)ccc2CC(C)C)c1OC. The van der Waals surface area contributed by atoms with Crippen LogP contribution >= 0.6 is 11.6 Å². The van der Waals surface area contributed by atoms with Gasteiger partial charge >= 0.3 is 0 Å². The number of aldehydes is 1. The van der Waals surface area contributed by atoms with Gasteiger partial charge in [-0.05, 0) is 67.0 Å². The lowest BCUT2D eigenvalue weighted by atomic mass is 9.99. The van der Waals surface area contributed by atoms with Gasteiger partial charge in [-0.25, -0.2) is 0 Å². The third-order valence-electron chi connectivity index (χ3n) is 5.05. The lowest BCUT2D eigenvalue weighted by Crippen LogP contribution is -2.13. The van der Waals surface area contributed by atoms with Gasteiger partial charge in [-0.15, -0.1) is 0 Å². The maximum Gasteiger partial charge on any atom is 0.199 e. The van der Waals surface area contributed by atoms with Crippen LogP contribution < -0.4 is 9.47 Å². The third-order valence-corrected chi connectivity index (χ3v) is 5.28. The summed E-state index contributed by atoms with van der Waals surface area (Å²) in [6.07, 6.45) is 4.70.